The fourth-order valence-corrected chi connectivity index (χ4v) is 5.30. The third-order valence-electron chi connectivity index (χ3n) is 5.71. The van der Waals surface area contributed by atoms with Crippen LogP contribution >= 0.6 is 22.9 Å². The van der Waals surface area contributed by atoms with Crippen LogP contribution in [0.1, 0.15) is 23.0 Å². The van der Waals surface area contributed by atoms with Gasteiger partial charge in [-0.3, -0.25) is 4.79 Å². The summed E-state index contributed by atoms with van der Waals surface area (Å²) < 4.78 is 12.2. The van der Waals surface area contributed by atoms with Crippen molar-refractivity contribution < 1.29 is 14.1 Å². The van der Waals surface area contributed by atoms with Gasteiger partial charge in [0.05, 0.1) is 16.3 Å². The zero-order valence-corrected chi connectivity index (χ0v) is 19.9. The highest BCUT2D eigenvalue weighted by molar-refractivity contribution is 7.22. The van der Waals surface area contributed by atoms with Gasteiger partial charge >= 0.3 is 0 Å². The molecule has 3 heterocycles. The predicted octanol–water partition coefficient (Wildman–Crippen LogP) is 5.27. The number of carbonyl (C=O) groups excluding carboxylic acids is 1. The Bertz CT molecular complexity index is 1310. The molecule has 0 atom stereocenters. The standard InChI is InChI=1S/C24H23ClN4O3S/c1-3-31-18-9-6-10-19-22(18)26-24(33-19)29-13-11-28(12-14-29)23(30)20-15(2)32-27-21(20)16-7-4-5-8-17(16)25/h4-10H,3,11-14H2,1-2H3. The molecule has 0 aliphatic carbocycles. The van der Waals surface area contributed by atoms with Crippen molar-refractivity contribution in [1.82, 2.24) is 15.0 Å². The summed E-state index contributed by atoms with van der Waals surface area (Å²) in [5.41, 5.74) is 2.54. The maximum Gasteiger partial charge on any atom is 0.259 e. The fraction of sp³-hybridized carbons (Fsp3) is 0.292. The Morgan fingerprint density at radius 2 is 1.94 bits per heavy atom. The Labute approximate surface area is 200 Å². The van der Waals surface area contributed by atoms with E-state index in [9.17, 15) is 4.79 Å². The van der Waals surface area contributed by atoms with E-state index in [0.717, 1.165) is 21.1 Å². The molecule has 1 saturated heterocycles. The number of anilines is 1. The van der Waals surface area contributed by atoms with Gasteiger partial charge in [-0.2, -0.15) is 0 Å². The summed E-state index contributed by atoms with van der Waals surface area (Å²) in [7, 11) is 0. The molecule has 170 valence electrons. The number of aromatic nitrogens is 2. The van der Waals surface area contributed by atoms with Crippen LogP contribution in [0.2, 0.25) is 5.02 Å². The topological polar surface area (TPSA) is 71.7 Å². The molecule has 5 rings (SSSR count). The Balaban J connectivity index is 1.34. The van der Waals surface area contributed by atoms with Crippen LogP contribution in [0.4, 0.5) is 5.13 Å². The third-order valence-corrected chi connectivity index (χ3v) is 7.12. The maximum absolute atomic E-state index is 13.4. The number of amides is 1. The van der Waals surface area contributed by atoms with Crippen molar-refractivity contribution in [2.24, 2.45) is 0 Å². The molecule has 1 aliphatic rings. The number of para-hydroxylation sites is 1. The zero-order chi connectivity index (χ0) is 22.9. The van der Waals surface area contributed by atoms with Crippen molar-refractivity contribution in [3.63, 3.8) is 0 Å². The number of hydrogen-bond donors (Lipinski definition) is 0. The molecule has 1 fully saturated rings. The van der Waals surface area contributed by atoms with Crippen LogP contribution < -0.4 is 9.64 Å². The average molecular weight is 483 g/mol. The maximum atomic E-state index is 13.4. The van der Waals surface area contributed by atoms with Gasteiger partial charge in [-0.1, -0.05) is 52.4 Å². The van der Waals surface area contributed by atoms with Crippen molar-refractivity contribution in [3.8, 4) is 17.0 Å². The molecular weight excluding hydrogens is 460 g/mol. The number of rotatable bonds is 5. The molecule has 4 aromatic rings. The van der Waals surface area contributed by atoms with Gasteiger partial charge in [0, 0.05) is 31.7 Å². The lowest BCUT2D eigenvalue weighted by Crippen LogP contribution is -2.49. The first-order chi connectivity index (χ1) is 16.1. The molecule has 0 spiro atoms. The number of ether oxygens (including phenoxy) is 1. The average Bonchev–Trinajstić information content (AvgIpc) is 3.44. The number of hydrogen-bond acceptors (Lipinski definition) is 7. The second kappa shape index (κ2) is 9.03. The smallest absolute Gasteiger partial charge is 0.259 e. The number of fused-ring (bicyclic) bond motifs is 1. The number of aryl methyl sites for hydroxylation is 1. The monoisotopic (exact) mass is 482 g/mol. The molecule has 0 N–H and O–H groups in total. The SMILES string of the molecule is CCOc1cccc2sc(N3CCN(C(=O)c4c(-c5ccccc5Cl)noc4C)CC3)nc12. The number of piperazine rings is 1. The van der Waals surface area contributed by atoms with Crippen molar-refractivity contribution in [2.45, 2.75) is 13.8 Å². The van der Waals surface area contributed by atoms with Gasteiger partial charge in [-0.25, -0.2) is 4.98 Å². The Kier molecular flexibility index (Phi) is 5.95. The van der Waals surface area contributed by atoms with E-state index >= 15 is 0 Å². The van der Waals surface area contributed by atoms with E-state index in [4.69, 9.17) is 25.8 Å². The summed E-state index contributed by atoms with van der Waals surface area (Å²) >= 11 is 8.00. The highest BCUT2D eigenvalue weighted by Crippen LogP contribution is 2.35. The molecule has 1 aliphatic heterocycles. The first-order valence-corrected chi connectivity index (χ1v) is 12.0. The molecule has 2 aromatic heterocycles. The zero-order valence-electron chi connectivity index (χ0n) is 18.4. The molecule has 0 radical (unpaired) electrons. The van der Waals surface area contributed by atoms with E-state index in [1.165, 1.54) is 0 Å². The first kappa shape index (κ1) is 21.7. The number of thiazole rings is 1. The van der Waals surface area contributed by atoms with E-state index in [1.807, 2.05) is 42.2 Å². The molecule has 2 aromatic carbocycles. The lowest BCUT2D eigenvalue weighted by Gasteiger charge is -2.34. The summed E-state index contributed by atoms with van der Waals surface area (Å²) in [4.78, 5) is 22.3. The van der Waals surface area contributed by atoms with Crippen LogP contribution in [0.15, 0.2) is 47.0 Å². The van der Waals surface area contributed by atoms with Crippen LogP contribution in [0, 0.1) is 6.92 Å². The third kappa shape index (κ3) is 4.05. The highest BCUT2D eigenvalue weighted by atomic mass is 35.5. The molecule has 0 saturated carbocycles. The second-order valence-corrected chi connectivity index (χ2v) is 9.17. The molecular formula is C24H23ClN4O3S. The van der Waals surface area contributed by atoms with E-state index in [1.54, 1.807) is 24.3 Å². The van der Waals surface area contributed by atoms with Crippen LogP contribution in [0.3, 0.4) is 0 Å². The van der Waals surface area contributed by atoms with E-state index in [-0.39, 0.29) is 5.91 Å². The summed E-state index contributed by atoms with van der Waals surface area (Å²) in [6.45, 7) is 6.89. The summed E-state index contributed by atoms with van der Waals surface area (Å²) in [5.74, 6) is 1.21. The van der Waals surface area contributed by atoms with Crippen LogP contribution in [-0.4, -0.2) is 53.7 Å². The van der Waals surface area contributed by atoms with Gasteiger partial charge in [-0.15, -0.1) is 0 Å². The lowest BCUT2D eigenvalue weighted by atomic mass is 10.0. The van der Waals surface area contributed by atoms with Crippen molar-refractivity contribution in [3.05, 3.63) is 58.8 Å². The minimum Gasteiger partial charge on any atom is -0.492 e. The van der Waals surface area contributed by atoms with E-state index in [0.29, 0.717) is 60.4 Å². The Morgan fingerprint density at radius 1 is 1.15 bits per heavy atom. The molecule has 1 amide bonds. The van der Waals surface area contributed by atoms with Crippen molar-refractivity contribution in [1.29, 1.82) is 0 Å². The number of halogens is 1. The Morgan fingerprint density at radius 3 is 2.70 bits per heavy atom. The molecule has 0 unspecified atom stereocenters. The van der Waals surface area contributed by atoms with Gasteiger partial charge in [0.1, 0.15) is 28.3 Å². The molecule has 9 heteroatoms. The summed E-state index contributed by atoms with van der Waals surface area (Å²) in [6, 6.07) is 13.3. The molecule has 33 heavy (non-hydrogen) atoms. The second-order valence-electron chi connectivity index (χ2n) is 7.75. The highest BCUT2D eigenvalue weighted by Gasteiger charge is 2.30. The van der Waals surface area contributed by atoms with Gasteiger partial charge in [0.2, 0.25) is 0 Å². The van der Waals surface area contributed by atoms with Crippen LogP contribution in [0.25, 0.3) is 21.5 Å². The quantitative estimate of drug-likeness (QED) is 0.385. The number of benzene rings is 2. The lowest BCUT2D eigenvalue weighted by molar-refractivity contribution is 0.0745. The normalized spacial score (nSPS) is 14.2. The largest absolute Gasteiger partial charge is 0.492 e. The summed E-state index contributed by atoms with van der Waals surface area (Å²) in [5, 5.41) is 5.62. The van der Waals surface area contributed by atoms with Gasteiger partial charge in [-0.05, 0) is 32.0 Å². The minimum absolute atomic E-state index is 0.0914. The summed E-state index contributed by atoms with van der Waals surface area (Å²) in [6.07, 6.45) is 0. The van der Waals surface area contributed by atoms with E-state index in [2.05, 4.69) is 16.1 Å². The molecule has 0 bridgehead atoms. The van der Waals surface area contributed by atoms with Crippen molar-refractivity contribution in [2.75, 3.05) is 37.7 Å². The van der Waals surface area contributed by atoms with Gasteiger partial charge in [0.15, 0.2) is 5.13 Å². The minimum atomic E-state index is -0.0914. The number of carbonyl (C=O) groups is 1. The Hall–Kier alpha value is -3.10. The predicted molar refractivity (Wildman–Crippen MR) is 131 cm³/mol. The van der Waals surface area contributed by atoms with Crippen molar-refractivity contribution >= 4 is 44.2 Å². The van der Waals surface area contributed by atoms with E-state index < -0.39 is 0 Å². The number of nitrogens with zero attached hydrogens (tertiary/aromatic N) is 4. The van der Waals surface area contributed by atoms with Crippen LogP contribution in [-0.2, 0) is 0 Å². The fourth-order valence-electron chi connectivity index (χ4n) is 4.04. The molecule has 7 nitrogen and oxygen atoms in total. The van der Waals surface area contributed by atoms with Gasteiger partial charge in [0.25, 0.3) is 5.91 Å². The first-order valence-electron chi connectivity index (χ1n) is 10.8. The van der Waals surface area contributed by atoms with Gasteiger partial charge < -0.3 is 19.1 Å². The van der Waals surface area contributed by atoms with Crippen LogP contribution in [0.5, 0.6) is 5.75 Å².